The first-order valence-electron chi connectivity index (χ1n) is 8.25. The molecule has 26 heavy (non-hydrogen) atoms. The molecule has 2 heterocycles. The van der Waals surface area contributed by atoms with Gasteiger partial charge in [0.15, 0.2) is 11.0 Å². The van der Waals surface area contributed by atoms with Gasteiger partial charge in [-0.05, 0) is 19.1 Å². The predicted molar refractivity (Wildman–Crippen MR) is 102 cm³/mol. The lowest BCUT2D eigenvalue weighted by molar-refractivity contribution is -0.120. The molecule has 0 aliphatic rings. The first-order chi connectivity index (χ1) is 12.7. The van der Waals surface area contributed by atoms with Crippen LogP contribution in [0.15, 0.2) is 71.0 Å². The van der Waals surface area contributed by atoms with E-state index in [-0.39, 0.29) is 11.2 Å². The van der Waals surface area contributed by atoms with Crippen molar-refractivity contribution in [1.82, 2.24) is 20.1 Å². The Morgan fingerprint density at radius 2 is 2.12 bits per heavy atom. The van der Waals surface area contributed by atoms with Gasteiger partial charge >= 0.3 is 0 Å². The van der Waals surface area contributed by atoms with Crippen molar-refractivity contribution >= 4 is 17.7 Å². The number of amides is 1. The van der Waals surface area contributed by atoms with Gasteiger partial charge in [-0.15, -0.1) is 16.8 Å². The van der Waals surface area contributed by atoms with Crippen molar-refractivity contribution in [3.8, 4) is 11.4 Å². The van der Waals surface area contributed by atoms with E-state index in [1.807, 2.05) is 47.9 Å². The van der Waals surface area contributed by atoms with Gasteiger partial charge in [-0.3, -0.25) is 9.36 Å². The second-order valence-electron chi connectivity index (χ2n) is 5.63. The molecule has 0 aliphatic carbocycles. The Morgan fingerprint density at radius 1 is 1.31 bits per heavy atom. The lowest BCUT2D eigenvalue weighted by atomic mass is 10.2. The summed E-state index contributed by atoms with van der Waals surface area (Å²) < 4.78 is 7.19. The minimum absolute atomic E-state index is 0.0826. The number of nitrogens with zero attached hydrogens (tertiary/aromatic N) is 3. The molecule has 6 nitrogen and oxygen atoms in total. The zero-order chi connectivity index (χ0) is 18.4. The Morgan fingerprint density at radius 3 is 2.81 bits per heavy atom. The summed E-state index contributed by atoms with van der Waals surface area (Å²) in [6.07, 6.45) is 3.38. The van der Waals surface area contributed by atoms with Gasteiger partial charge in [0.2, 0.25) is 5.91 Å². The molecule has 1 amide bonds. The highest BCUT2D eigenvalue weighted by atomic mass is 32.2. The van der Waals surface area contributed by atoms with Crippen molar-refractivity contribution in [3.05, 3.63) is 67.1 Å². The maximum atomic E-state index is 12.3. The van der Waals surface area contributed by atoms with Crippen LogP contribution in [0.5, 0.6) is 0 Å². The second kappa shape index (κ2) is 8.53. The van der Waals surface area contributed by atoms with Crippen LogP contribution in [0, 0.1) is 0 Å². The van der Waals surface area contributed by atoms with Gasteiger partial charge in [-0.25, -0.2) is 0 Å². The lowest BCUT2D eigenvalue weighted by Gasteiger charge is -2.12. The third kappa shape index (κ3) is 4.23. The average molecular weight is 368 g/mol. The van der Waals surface area contributed by atoms with Gasteiger partial charge in [-0.2, -0.15) is 0 Å². The third-order valence-corrected chi connectivity index (χ3v) is 4.81. The van der Waals surface area contributed by atoms with Gasteiger partial charge in [-0.1, -0.05) is 48.2 Å². The largest absolute Gasteiger partial charge is 0.467 e. The van der Waals surface area contributed by atoms with E-state index < -0.39 is 0 Å². The molecule has 0 radical (unpaired) electrons. The Bertz CT molecular complexity index is 859. The highest BCUT2D eigenvalue weighted by Gasteiger charge is 2.20. The van der Waals surface area contributed by atoms with Crippen LogP contribution >= 0.6 is 11.8 Å². The number of aromatic nitrogens is 3. The Labute approximate surface area is 156 Å². The van der Waals surface area contributed by atoms with E-state index in [9.17, 15) is 4.79 Å². The van der Waals surface area contributed by atoms with E-state index in [2.05, 4.69) is 22.1 Å². The fourth-order valence-electron chi connectivity index (χ4n) is 2.41. The number of hydrogen-bond donors (Lipinski definition) is 1. The quantitative estimate of drug-likeness (QED) is 0.486. The average Bonchev–Trinajstić information content (AvgIpc) is 3.31. The van der Waals surface area contributed by atoms with Crippen molar-refractivity contribution in [2.24, 2.45) is 0 Å². The molecule has 7 heteroatoms. The normalized spacial score (nSPS) is 11.9. The number of allylic oxidation sites excluding steroid dienone is 1. The molecule has 1 atom stereocenters. The van der Waals surface area contributed by atoms with E-state index in [0.29, 0.717) is 18.2 Å². The number of carbonyl (C=O) groups is 1. The summed E-state index contributed by atoms with van der Waals surface area (Å²) in [5.41, 5.74) is 0.976. The van der Waals surface area contributed by atoms with Crippen LogP contribution in [0.2, 0.25) is 0 Å². The Balaban J connectivity index is 1.71. The third-order valence-electron chi connectivity index (χ3n) is 3.73. The minimum atomic E-state index is -0.318. The number of furan rings is 1. The number of carbonyl (C=O) groups excluding carboxylic acids is 1. The van der Waals surface area contributed by atoms with Gasteiger partial charge in [0.05, 0.1) is 18.1 Å². The van der Waals surface area contributed by atoms with E-state index in [0.717, 1.165) is 17.1 Å². The Kier molecular flexibility index (Phi) is 5.91. The summed E-state index contributed by atoms with van der Waals surface area (Å²) >= 11 is 1.37. The van der Waals surface area contributed by atoms with E-state index >= 15 is 0 Å². The molecule has 0 saturated carbocycles. The van der Waals surface area contributed by atoms with Gasteiger partial charge < -0.3 is 9.73 Å². The van der Waals surface area contributed by atoms with Crippen molar-refractivity contribution < 1.29 is 9.21 Å². The Hall–Kier alpha value is -2.80. The summed E-state index contributed by atoms with van der Waals surface area (Å²) in [6, 6.07) is 13.5. The highest BCUT2D eigenvalue weighted by molar-refractivity contribution is 8.00. The maximum Gasteiger partial charge on any atom is 0.233 e. The summed E-state index contributed by atoms with van der Waals surface area (Å²) in [5, 5.41) is 11.8. The summed E-state index contributed by atoms with van der Waals surface area (Å²) in [5.74, 6) is 1.40. The molecule has 1 aromatic carbocycles. The monoisotopic (exact) mass is 368 g/mol. The molecule has 3 rings (SSSR count). The molecule has 0 unspecified atom stereocenters. The number of rotatable bonds is 8. The van der Waals surface area contributed by atoms with Gasteiger partial charge in [0.1, 0.15) is 5.76 Å². The van der Waals surface area contributed by atoms with Crippen molar-refractivity contribution in [1.29, 1.82) is 0 Å². The topological polar surface area (TPSA) is 73.0 Å². The lowest BCUT2D eigenvalue weighted by Crippen LogP contribution is -2.30. The van der Waals surface area contributed by atoms with Crippen molar-refractivity contribution in [2.75, 3.05) is 0 Å². The van der Waals surface area contributed by atoms with Crippen LogP contribution in [0.3, 0.4) is 0 Å². The fourth-order valence-corrected chi connectivity index (χ4v) is 3.30. The maximum absolute atomic E-state index is 12.3. The molecule has 0 spiro atoms. The number of thioether (sulfide) groups is 1. The van der Waals surface area contributed by atoms with Crippen LogP contribution < -0.4 is 5.32 Å². The number of hydrogen-bond acceptors (Lipinski definition) is 5. The van der Waals surface area contributed by atoms with Crippen LogP contribution in [0.4, 0.5) is 0 Å². The second-order valence-corrected chi connectivity index (χ2v) is 6.94. The first-order valence-corrected chi connectivity index (χ1v) is 9.13. The van der Waals surface area contributed by atoms with Crippen molar-refractivity contribution in [3.63, 3.8) is 0 Å². The van der Waals surface area contributed by atoms with Crippen molar-refractivity contribution in [2.45, 2.75) is 30.4 Å². The number of benzene rings is 1. The van der Waals surface area contributed by atoms with Crippen LogP contribution in [0.1, 0.15) is 12.7 Å². The minimum Gasteiger partial charge on any atom is -0.467 e. The summed E-state index contributed by atoms with van der Waals surface area (Å²) in [6.45, 7) is 6.59. The molecular weight excluding hydrogens is 348 g/mol. The molecule has 0 bridgehead atoms. The standard InChI is InChI=1S/C19H20N4O2S/c1-3-11-23-17(15-8-5-4-6-9-15)21-22-19(23)26-14(2)18(24)20-13-16-10-7-12-25-16/h3-10,12,14H,1,11,13H2,2H3,(H,20,24)/t14-/m0/s1. The highest BCUT2D eigenvalue weighted by Crippen LogP contribution is 2.26. The van der Waals surface area contributed by atoms with Crippen LogP contribution in [-0.2, 0) is 17.9 Å². The molecule has 1 N–H and O–H groups in total. The molecule has 3 aromatic rings. The summed E-state index contributed by atoms with van der Waals surface area (Å²) in [4.78, 5) is 12.3. The van der Waals surface area contributed by atoms with Gasteiger partial charge in [0, 0.05) is 12.1 Å². The molecule has 2 aromatic heterocycles. The molecule has 0 saturated heterocycles. The first kappa shape index (κ1) is 18.0. The zero-order valence-electron chi connectivity index (χ0n) is 14.5. The fraction of sp³-hybridized carbons (Fsp3) is 0.211. The predicted octanol–water partition coefficient (Wildman–Crippen LogP) is 3.52. The van der Waals surface area contributed by atoms with Crippen LogP contribution in [0.25, 0.3) is 11.4 Å². The van der Waals surface area contributed by atoms with Crippen LogP contribution in [-0.4, -0.2) is 25.9 Å². The molecular formula is C19H20N4O2S. The SMILES string of the molecule is C=CCn1c(S[C@@H](C)C(=O)NCc2ccco2)nnc1-c1ccccc1. The van der Waals surface area contributed by atoms with Gasteiger partial charge in [0.25, 0.3) is 0 Å². The molecule has 0 fully saturated rings. The zero-order valence-corrected chi connectivity index (χ0v) is 15.3. The molecule has 0 aliphatic heterocycles. The van der Waals surface area contributed by atoms with E-state index in [1.54, 1.807) is 18.4 Å². The van der Waals surface area contributed by atoms with E-state index in [1.165, 1.54) is 11.8 Å². The summed E-state index contributed by atoms with van der Waals surface area (Å²) in [7, 11) is 0. The number of nitrogens with one attached hydrogen (secondary N) is 1. The van der Waals surface area contributed by atoms with E-state index in [4.69, 9.17) is 4.42 Å². The smallest absolute Gasteiger partial charge is 0.233 e. The molecule has 134 valence electrons.